The van der Waals surface area contributed by atoms with Crippen molar-refractivity contribution in [2.75, 3.05) is 26.7 Å². The highest BCUT2D eigenvalue weighted by molar-refractivity contribution is 5.89. The van der Waals surface area contributed by atoms with E-state index in [0.29, 0.717) is 19.6 Å². The van der Waals surface area contributed by atoms with Gasteiger partial charge in [0.05, 0.1) is 12.0 Å². The molecule has 0 N–H and O–H groups in total. The summed E-state index contributed by atoms with van der Waals surface area (Å²) in [6, 6.07) is 6.29. The molecule has 2 heterocycles. The Labute approximate surface area is 141 Å². The standard InChI is InChI=1S/C18H23FN2O3/c1-20-11-14(9-17(20)22)18(23)21(12-16-6-3-7-24-16)10-13-4-2-5-15(19)8-13/h2,4-5,8,14,16H,3,6-7,9-12H2,1H3/t14-,16+/m1/s1. The van der Waals surface area contributed by atoms with Crippen molar-refractivity contribution in [1.29, 1.82) is 0 Å². The summed E-state index contributed by atoms with van der Waals surface area (Å²) < 4.78 is 19.1. The van der Waals surface area contributed by atoms with Crippen molar-refractivity contribution in [2.45, 2.75) is 31.9 Å². The topological polar surface area (TPSA) is 49.9 Å². The zero-order valence-corrected chi connectivity index (χ0v) is 13.9. The fraction of sp³-hybridized carbons (Fsp3) is 0.556. The van der Waals surface area contributed by atoms with Gasteiger partial charge in [0.25, 0.3) is 0 Å². The van der Waals surface area contributed by atoms with E-state index >= 15 is 0 Å². The summed E-state index contributed by atoms with van der Waals surface area (Å²) in [6.45, 7) is 1.99. The predicted octanol–water partition coefficient (Wildman–Crippen LogP) is 1.81. The van der Waals surface area contributed by atoms with Crippen molar-refractivity contribution in [3.8, 4) is 0 Å². The average molecular weight is 334 g/mol. The van der Waals surface area contributed by atoms with Gasteiger partial charge in [-0.3, -0.25) is 9.59 Å². The van der Waals surface area contributed by atoms with Crippen LogP contribution in [0, 0.1) is 11.7 Å². The number of rotatable bonds is 5. The first-order valence-corrected chi connectivity index (χ1v) is 8.41. The molecule has 2 atom stereocenters. The summed E-state index contributed by atoms with van der Waals surface area (Å²) in [6.07, 6.45) is 2.20. The number of carbonyl (C=O) groups is 2. The van der Waals surface area contributed by atoms with E-state index in [2.05, 4.69) is 0 Å². The van der Waals surface area contributed by atoms with E-state index in [-0.39, 0.29) is 36.1 Å². The van der Waals surface area contributed by atoms with Crippen LogP contribution in [0.1, 0.15) is 24.8 Å². The minimum absolute atomic E-state index is 0.00354. The molecule has 2 amide bonds. The molecule has 2 aliphatic rings. The van der Waals surface area contributed by atoms with Crippen LogP contribution in [0.3, 0.4) is 0 Å². The van der Waals surface area contributed by atoms with E-state index in [1.807, 2.05) is 6.07 Å². The van der Waals surface area contributed by atoms with Crippen molar-refractivity contribution >= 4 is 11.8 Å². The number of likely N-dealkylation sites (tertiary alicyclic amines) is 1. The van der Waals surface area contributed by atoms with Crippen molar-refractivity contribution in [1.82, 2.24) is 9.80 Å². The monoisotopic (exact) mass is 334 g/mol. The van der Waals surface area contributed by atoms with E-state index in [4.69, 9.17) is 4.74 Å². The van der Waals surface area contributed by atoms with Gasteiger partial charge in [-0.15, -0.1) is 0 Å². The Balaban J connectivity index is 1.73. The highest BCUT2D eigenvalue weighted by atomic mass is 19.1. The molecule has 0 spiro atoms. The van der Waals surface area contributed by atoms with Gasteiger partial charge in [-0.25, -0.2) is 4.39 Å². The summed E-state index contributed by atoms with van der Waals surface area (Å²) in [4.78, 5) is 28.0. The third-order valence-electron chi connectivity index (χ3n) is 4.71. The maximum atomic E-state index is 13.4. The second kappa shape index (κ2) is 7.30. The van der Waals surface area contributed by atoms with Crippen LogP contribution >= 0.6 is 0 Å². The van der Waals surface area contributed by atoms with Crippen molar-refractivity contribution < 1.29 is 18.7 Å². The van der Waals surface area contributed by atoms with Crippen LogP contribution in [0.15, 0.2) is 24.3 Å². The second-order valence-electron chi connectivity index (χ2n) is 6.66. The third kappa shape index (κ3) is 3.93. The molecule has 0 radical (unpaired) electrons. The molecular formula is C18H23FN2O3. The Morgan fingerprint density at radius 1 is 1.46 bits per heavy atom. The average Bonchev–Trinajstić information content (AvgIpc) is 3.16. The van der Waals surface area contributed by atoms with Gasteiger partial charge in [-0.05, 0) is 30.5 Å². The summed E-state index contributed by atoms with van der Waals surface area (Å²) in [7, 11) is 1.71. The van der Waals surface area contributed by atoms with E-state index in [0.717, 1.165) is 25.0 Å². The number of hydrogen-bond acceptors (Lipinski definition) is 3. The molecular weight excluding hydrogens is 311 g/mol. The number of carbonyl (C=O) groups excluding carboxylic acids is 2. The molecule has 0 bridgehead atoms. The Morgan fingerprint density at radius 2 is 2.29 bits per heavy atom. The minimum Gasteiger partial charge on any atom is -0.376 e. The zero-order chi connectivity index (χ0) is 17.1. The lowest BCUT2D eigenvalue weighted by molar-refractivity contribution is -0.138. The maximum absolute atomic E-state index is 13.4. The molecule has 0 aliphatic carbocycles. The quantitative estimate of drug-likeness (QED) is 0.825. The molecule has 2 aliphatic heterocycles. The van der Waals surface area contributed by atoms with Crippen molar-refractivity contribution in [2.24, 2.45) is 5.92 Å². The predicted molar refractivity (Wildman–Crippen MR) is 86.5 cm³/mol. The molecule has 3 rings (SSSR count). The van der Waals surface area contributed by atoms with Crippen molar-refractivity contribution in [3.63, 3.8) is 0 Å². The summed E-state index contributed by atoms with van der Waals surface area (Å²) in [5.74, 6) is -0.686. The first-order chi connectivity index (χ1) is 11.5. The summed E-state index contributed by atoms with van der Waals surface area (Å²) >= 11 is 0. The molecule has 2 saturated heterocycles. The Bertz CT molecular complexity index is 616. The number of halogens is 1. The third-order valence-corrected chi connectivity index (χ3v) is 4.71. The molecule has 24 heavy (non-hydrogen) atoms. The molecule has 5 nitrogen and oxygen atoms in total. The number of ether oxygens (including phenoxy) is 1. The minimum atomic E-state index is -0.322. The first-order valence-electron chi connectivity index (χ1n) is 8.41. The van der Waals surface area contributed by atoms with Gasteiger partial charge < -0.3 is 14.5 Å². The number of benzene rings is 1. The number of nitrogens with zero attached hydrogens (tertiary/aromatic N) is 2. The van der Waals surface area contributed by atoms with Crippen LogP contribution < -0.4 is 0 Å². The number of hydrogen-bond donors (Lipinski definition) is 0. The van der Waals surface area contributed by atoms with Crippen LogP contribution in [0.4, 0.5) is 4.39 Å². The lowest BCUT2D eigenvalue weighted by Gasteiger charge is -2.28. The van der Waals surface area contributed by atoms with Crippen molar-refractivity contribution in [3.05, 3.63) is 35.6 Å². The Kier molecular flexibility index (Phi) is 5.14. The van der Waals surface area contributed by atoms with Gasteiger partial charge in [0.2, 0.25) is 11.8 Å². The van der Waals surface area contributed by atoms with E-state index in [9.17, 15) is 14.0 Å². The van der Waals surface area contributed by atoms with Crippen LogP contribution in [0.25, 0.3) is 0 Å². The molecule has 0 saturated carbocycles. The SMILES string of the molecule is CN1C[C@H](C(=O)N(Cc2cccc(F)c2)C[C@@H]2CCCO2)CC1=O. The van der Waals surface area contributed by atoms with E-state index in [1.54, 1.807) is 22.9 Å². The largest absolute Gasteiger partial charge is 0.376 e. The highest BCUT2D eigenvalue weighted by Crippen LogP contribution is 2.22. The molecule has 0 unspecified atom stereocenters. The molecule has 1 aromatic rings. The molecule has 130 valence electrons. The summed E-state index contributed by atoms with van der Waals surface area (Å²) in [5, 5.41) is 0. The first kappa shape index (κ1) is 16.9. The smallest absolute Gasteiger partial charge is 0.228 e. The van der Waals surface area contributed by atoms with Crippen LogP contribution in [-0.4, -0.2) is 54.5 Å². The zero-order valence-electron chi connectivity index (χ0n) is 13.9. The molecule has 1 aromatic carbocycles. The van der Waals surface area contributed by atoms with Gasteiger partial charge in [-0.2, -0.15) is 0 Å². The highest BCUT2D eigenvalue weighted by Gasteiger charge is 2.35. The Hall–Kier alpha value is -1.95. The fourth-order valence-electron chi connectivity index (χ4n) is 3.41. The number of amides is 2. The lowest BCUT2D eigenvalue weighted by Crippen LogP contribution is -2.41. The molecule has 0 aromatic heterocycles. The van der Waals surface area contributed by atoms with E-state index in [1.165, 1.54) is 12.1 Å². The van der Waals surface area contributed by atoms with Gasteiger partial charge in [0.15, 0.2) is 0 Å². The normalized spacial score (nSPS) is 23.8. The fourth-order valence-corrected chi connectivity index (χ4v) is 3.41. The van der Waals surface area contributed by atoms with Crippen LogP contribution in [0.5, 0.6) is 0 Å². The molecule has 6 heteroatoms. The Morgan fingerprint density at radius 3 is 2.92 bits per heavy atom. The van der Waals surface area contributed by atoms with Gasteiger partial charge >= 0.3 is 0 Å². The lowest BCUT2D eigenvalue weighted by atomic mass is 10.1. The second-order valence-corrected chi connectivity index (χ2v) is 6.66. The van der Waals surface area contributed by atoms with Gasteiger partial charge in [-0.1, -0.05) is 12.1 Å². The van der Waals surface area contributed by atoms with Crippen LogP contribution in [-0.2, 0) is 20.9 Å². The van der Waals surface area contributed by atoms with Gasteiger partial charge in [0, 0.05) is 39.7 Å². The maximum Gasteiger partial charge on any atom is 0.228 e. The molecule has 2 fully saturated rings. The van der Waals surface area contributed by atoms with Gasteiger partial charge in [0.1, 0.15) is 5.82 Å². The summed E-state index contributed by atoms with van der Waals surface area (Å²) in [5.41, 5.74) is 0.749. The van der Waals surface area contributed by atoms with E-state index < -0.39 is 0 Å². The van der Waals surface area contributed by atoms with Crippen LogP contribution in [0.2, 0.25) is 0 Å².